The summed E-state index contributed by atoms with van der Waals surface area (Å²) in [7, 11) is 0. The van der Waals surface area contributed by atoms with Crippen LogP contribution >= 0.6 is 15.9 Å². The predicted molar refractivity (Wildman–Crippen MR) is 71.0 cm³/mol. The molecular weight excluding hydrogens is 266 g/mol. The molecule has 1 aromatic rings. The van der Waals surface area contributed by atoms with E-state index in [1.54, 1.807) is 0 Å². The lowest BCUT2D eigenvalue weighted by atomic mass is 10.1. The van der Waals surface area contributed by atoms with Gasteiger partial charge in [-0.2, -0.15) is 0 Å². The molecule has 1 aromatic carbocycles. The van der Waals surface area contributed by atoms with Crippen LogP contribution in [0.5, 0.6) is 0 Å². The largest absolute Gasteiger partial charge is 0.347 e. The van der Waals surface area contributed by atoms with Crippen molar-refractivity contribution in [3.8, 4) is 0 Å². The van der Waals surface area contributed by atoms with Gasteiger partial charge in [0.25, 0.3) is 5.91 Å². The highest BCUT2D eigenvalue weighted by molar-refractivity contribution is 9.09. The van der Waals surface area contributed by atoms with E-state index in [0.29, 0.717) is 10.4 Å². The van der Waals surface area contributed by atoms with Crippen LogP contribution in [0.4, 0.5) is 0 Å². The SMILES string of the molecule is CC(Br)c1ccc(C(=O)NC(C)(C)C)cc1. The van der Waals surface area contributed by atoms with Gasteiger partial charge in [0, 0.05) is 15.9 Å². The van der Waals surface area contributed by atoms with Crippen molar-refractivity contribution in [1.29, 1.82) is 0 Å². The van der Waals surface area contributed by atoms with Crippen molar-refractivity contribution in [1.82, 2.24) is 5.32 Å². The van der Waals surface area contributed by atoms with Gasteiger partial charge in [0.15, 0.2) is 0 Å². The molecule has 0 fully saturated rings. The first kappa shape index (κ1) is 13.2. The molecule has 1 atom stereocenters. The van der Waals surface area contributed by atoms with Gasteiger partial charge in [-0.05, 0) is 45.4 Å². The van der Waals surface area contributed by atoms with Crippen LogP contribution in [0, 0.1) is 0 Å². The topological polar surface area (TPSA) is 29.1 Å². The molecule has 0 heterocycles. The van der Waals surface area contributed by atoms with E-state index in [0.717, 1.165) is 0 Å². The standard InChI is InChI=1S/C13H18BrNO/c1-9(14)10-5-7-11(8-6-10)12(16)15-13(2,3)4/h5-9H,1-4H3,(H,15,16). The molecule has 0 radical (unpaired) electrons. The summed E-state index contributed by atoms with van der Waals surface area (Å²) in [5, 5.41) is 2.93. The fourth-order valence-electron chi connectivity index (χ4n) is 1.31. The molecule has 0 saturated heterocycles. The van der Waals surface area contributed by atoms with E-state index in [1.165, 1.54) is 5.56 Å². The number of carbonyl (C=O) groups is 1. The lowest BCUT2D eigenvalue weighted by molar-refractivity contribution is 0.0919. The number of hydrogen-bond donors (Lipinski definition) is 1. The Balaban J connectivity index is 2.78. The molecule has 1 rings (SSSR count). The summed E-state index contributed by atoms with van der Waals surface area (Å²) < 4.78 is 0. The lowest BCUT2D eigenvalue weighted by Crippen LogP contribution is -2.40. The summed E-state index contributed by atoms with van der Waals surface area (Å²) >= 11 is 3.49. The third kappa shape index (κ3) is 3.97. The zero-order valence-corrected chi connectivity index (χ0v) is 11.8. The number of alkyl halides is 1. The van der Waals surface area contributed by atoms with Gasteiger partial charge in [0.05, 0.1) is 0 Å². The summed E-state index contributed by atoms with van der Waals surface area (Å²) in [6.45, 7) is 7.98. The Bertz CT molecular complexity index is 363. The minimum atomic E-state index is -0.196. The van der Waals surface area contributed by atoms with Crippen molar-refractivity contribution in [3.05, 3.63) is 35.4 Å². The molecule has 0 saturated carbocycles. The maximum absolute atomic E-state index is 11.8. The highest BCUT2D eigenvalue weighted by atomic mass is 79.9. The second kappa shape index (κ2) is 5.00. The fraction of sp³-hybridized carbons (Fsp3) is 0.462. The van der Waals surface area contributed by atoms with Gasteiger partial charge in [0.2, 0.25) is 0 Å². The van der Waals surface area contributed by atoms with Gasteiger partial charge >= 0.3 is 0 Å². The van der Waals surface area contributed by atoms with Crippen molar-refractivity contribution in [2.24, 2.45) is 0 Å². The summed E-state index contributed by atoms with van der Waals surface area (Å²) in [4.78, 5) is 12.1. The number of halogens is 1. The molecule has 16 heavy (non-hydrogen) atoms. The minimum Gasteiger partial charge on any atom is -0.347 e. The molecule has 0 aliphatic rings. The van der Waals surface area contributed by atoms with E-state index >= 15 is 0 Å². The molecule has 1 unspecified atom stereocenters. The summed E-state index contributed by atoms with van der Waals surface area (Å²) in [6.07, 6.45) is 0. The number of carbonyl (C=O) groups excluding carboxylic acids is 1. The third-order valence-corrected chi connectivity index (χ3v) is 2.65. The van der Waals surface area contributed by atoms with Gasteiger partial charge in [-0.1, -0.05) is 28.1 Å². The number of hydrogen-bond acceptors (Lipinski definition) is 1. The van der Waals surface area contributed by atoms with E-state index in [2.05, 4.69) is 28.2 Å². The van der Waals surface area contributed by atoms with Crippen LogP contribution in [0.2, 0.25) is 0 Å². The Hall–Kier alpha value is -0.830. The van der Waals surface area contributed by atoms with Gasteiger partial charge in [-0.3, -0.25) is 4.79 Å². The van der Waals surface area contributed by atoms with Crippen LogP contribution in [-0.4, -0.2) is 11.4 Å². The lowest BCUT2D eigenvalue weighted by Gasteiger charge is -2.20. The molecular formula is C13H18BrNO. The number of amides is 1. The second-order valence-electron chi connectivity index (χ2n) is 4.94. The van der Waals surface area contributed by atoms with Crippen LogP contribution in [0.25, 0.3) is 0 Å². The molecule has 0 spiro atoms. The van der Waals surface area contributed by atoms with E-state index in [4.69, 9.17) is 0 Å². The molecule has 1 amide bonds. The van der Waals surface area contributed by atoms with E-state index < -0.39 is 0 Å². The van der Waals surface area contributed by atoms with Crippen LogP contribution in [0.1, 0.15) is 48.4 Å². The van der Waals surface area contributed by atoms with Crippen LogP contribution < -0.4 is 5.32 Å². The molecule has 0 aromatic heterocycles. The van der Waals surface area contributed by atoms with Gasteiger partial charge < -0.3 is 5.32 Å². The Labute approximate surface area is 106 Å². The number of benzene rings is 1. The maximum atomic E-state index is 11.8. The van der Waals surface area contributed by atoms with Crippen molar-refractivity contribution < 1.29 is 4.79 Å². The van der Waals surface area contributed by atoms with E-state index in [9.17, 15) is 4.79 Å². The monoisotopic (exact) mass is 283 g/mol. The molecule has 3 heteroatoms. The molecule has 88 valence electrons. The average Bonchev–Trinajstić information content (AvgIpc) is 2.15. The first-order chi connectivity index (χ1) is 7.29. The maximum Gasteiger partial charge on any atom is 0.251 e. The van der Waals surface area contributed by atoms with Crippen molar-refractivity contribution in [2.75, 3.05) is 0 Å². The Kier molecular flexibility index (Phi) is 4.14. The average molecular weight is 284 g/mol. The normalized spacial score (nSPS) is 13.3. The zero-order valence-electron chi connectivity index (χ0n) is 10.2. The fourth-order valence-corrected chi connectivity index (χ4v) is 1.62. The summed E-state index contributed by atoms with van der Waals surface area (Å²) in [5.74, 6) is -0.0266. The van der Waals surface area contributed by atoms with Crippen LogP contribution in [-0.2, 0) is 0 Å². The van der Waals surface area contributed by atoms with Crippen molar-refractivity contribution in [2.45, 2.75) is 38.1 Å². The number of nitrogens with one attached hydrogen (secondary N) is 1. The van der Waals surface area contributed by atoms with Crippen LogP contribution in [0.15, 0.2) is 24.3 Å². The molecule has 2 nitrogen and oxygen atoms in total. The summed E-state index contributed by atoms with van der Waals surface area (Å²) in [5.41, 5.74) is 1.68. The molecule has 0 bridgehead atoms. The third-order valence-electron chi connectivity index (χ3n) is 2.12. The van der Waals surface area contributed by atoms with E-state index in [-0.39, 0.29) is 11.4 Å². The Morgan fingerprint density at radius 3 is 2.12 bits per heavy atom. The van der Waals surface area contributed by atoms with Crippen molar-refractivity contribution in [3.63, 3.8) is 0 Å². The molecule has 0 aliphatic carbocycles. The molecule has 0 aliphatic heterocycles. The highest BCUT2D eigenvalue weighted by Gasteiger charge is 2.15. The predicted octanol–water partition coefficient (Wildman–Crippen LogP) is 3.67. The minimum absolute atomic E-state index is 0.0266. The van der Waals surface area contributed by atoms with Gasteiger partial charge in [0.1, 0.15) is 0 Å². The smallest absolute Gasteiger partial charge is 0.251 e. The quantitative estimate of drug-likeness (QED) is 0.825. The highest BCUT2D eigenvalue weighted by Crippen LogP contribution is 2.21. The first-order valence-corrected chi connectivity index (χ1v) is 6.28. The Morgan fingerprint density at radius 1 is 1.25 bits per heavy atom. The van der Waals surface area contributed by atoms with E-state index in [1.807, 2.05) is 45.0 Å². The van der Waals surface area contributed by atoms with Gasteiger partial charge in [-0.15, -0.1) is 0 Å². The summed E-state index contributed by atoms with van der Waals surface area (Å²) in [6, 6.07) is 7.65. The molecule has 1 N–H and O–H groups in total. The van der Waals surface area contributed by atoms with Gasteiger partial charge in [-0.25, -0.2) is 0 Å². The first-order valence-electron chi connectivity index (χ1n) is 5.36. The second-order valence-corrected chi connectivity index (χ2v) is 6.32. The zero-order chi connectivity index (χ0) is 12.3. The van der Waals surface area contributed by atoms with Crippen LogP contribution in [0.3, 0.4) is 0 Å². The number of rotatable bonds is 2. The Morgan fingerprint density at radius 2 is 1.75 bits per heavy atom. The van der Waals surface area contributed by atoms with Crippen molar-refractivity contribution >= 4 is 21.8 Å².